The van der Waals surface area contributed by atoms with Crippen molar-refractivity contribution in [2.75, 3.05) is 47.5 Å². The molecule has 342 valence electrons. The highest BCUT2D eigenvalue weighted by Crippen LogP contribution is 2.38. The maximum absolute atomic E-state index is 12.7. The Balaban J connectivity index is 4.44. The second kappa shape index (κ2) is 39.8. The molecule has 0 saturated carbocycles. The smallest absolute Gasteiger partial charge is 0.306 e. The van der Waals surface area contributed by atoms with Crippen LogP contribution in [0.15, 0.2) is 48.6 Å². The fourth-order valence-electron chi connectivity index (χ4n) is 6.13. The molecule has 1 unspecified atom stereocenters. The number of unbranched alkanes of at least 4 members (excludes halogenated alkanes) is 19. The summed E-state index contributed by atoms with van der Waals surface area (Å²) in [5.41, 5.74) is 0. The van der Waals surface area contributed by atoms with Gasteiger partial charge in [0.05, 0.1) is 27.7 Å². The van der Waals surface area contributed by atoms with Crippen molar-refractivity contribution in [2.45, 2.75) is 193 Å². The molecule has 2 atom stereocenters. The summed E-state index contributed by atoms with van der Waals surface area (Å²) in [5.74, 6) is -0.764. The maximum Gasteiger partial charge on any atom is 0.306 e. The molecular weight excluding hydrogens is 765 g/mol. The summed E-state index contributed by atoms with van der Waals surface area (Å²) in [6.07, 6.45) is 42.7. The van der Waals surface area contributed by atoms with Gasteiger partial charge >= 0.3 is 11.9 Å². The zero-order chi connectivity index (χ0) is 43.7. The number of esters is 2. The summed E-state index contributed by atoms with van der Waals surface area (Å²) >= 11 is 0. The number of likely N-dealkylation sites (N-methyl/N-ethyl adjacent to an activating group) is 1. The minimum absolute atomic E-state index is 0.0521. The largest absolute Gasteiger partial charge is 0.756 e. The van der Waals surface area contributed by atoms with Crippen molar-refractivity contribution in [3.63, 3.8) is 0 Å². The Kier molecular flexibility index (Phi) is 38.2. The van der Waals surface area contributed by atoms with Crippen LogP contribution in [0.4, 0.5) is 0 Å². The summed E-state index contributed by atoms with van der Waals surface area (Å²) in [6, 6.07) is 0. The quantitative estimate of drug-likeness (QED) is 0.0112. The molecule has 0 aromatic rings. The van der Waals surface area contributed by atoms with Gasteiger partial charge < -0.3 is 27.9 Å². The Morgan fingerprint density at radius 2 is 1.07 bits per heavy atom. The van der Waals surface area contributed by atoms with Crippen LogP contribution >= 0.6 is 7.82 Å². The number of ketones is 1. The van der Waals surface area contributed by atoms with E-state index in [0.29, 0.717) is 36.7 Å². The van der Waals surface area contributed by atoms with E-state index in [9.17, 15) is 23.8 Å². The molecule has 0 rings (SSSR count). The summed E-state index contributed by atoms with van der Waals surface area (Å²) in [7, 11) is 1.09. The van der Waals surface area contributed by atoms with E-state index in [1.54, 1.807) is 12.2 Å². The topological polar surface area (TPSA) is 128 Å². The standard InChI is InChI=1S/C48H86NO9P/c1-6-8-10-11-12-13-14-15-16-17-18-19-22-25-28-31-35-39-47(51)55-43-46(44-57-59(53,54)56-42-41-49(3,4)5)58-48(52)40-36-32-29-26-23-20-21-24-27-30-34-38-45(50)37-33-9-7-2/h20-21,26-27,29-30,34,38,46H,6-19,22-25,28,31-33,35-37,39-44H2,1-5H3/b21-20-,29-26-,30-27-,38-34+/t46-/m1/s1. The maximum atomic E-state index is 12.7. The molecule has 0 aliphatic carbocycles. The summed E-state index contributed by atoms with van der Waals surface area (Å²) < 4.78 is 33.8. The number of hydrogen-bond acceptors (Lipinski definition) is 9. The lowest BCUT2D eigenvalue weighted by molar-refractivity contribution is -0.870. The molecule has 0 aliphatic rings. The van der Waals surface area contributed by atoms with Crippen LogP contribution in [0.25, 0.3) is 0 Å². The number of carbonyl (C=O) groups is 3. The average Bonchev–Trinajstić information content (AvgIpc) is 3.18. The monoisotopic (exact) mass is 852 g/mol. The van der Waals surface area contributed by atoms with Crippen molar-refractivity contribution >= 4 is 25.5 Å². The van der Waals surface area contributed by atoms with Crippen molar-refractivity contribution in [1.82, 2.24) is 0 Å². The van der Waals surface area contributed by atoms with E-state index in [-0.39, 0.29) is 31.8 Å². The van der Waals surface area contributed by atoms with Gasteiger partial charge in [-0.3, -0.25) is 18.9 Å². The Labute approximate surface area is 360 Å². The van der Waals surface area contributed by atoms with Gasteiger partial charge in [0.2, 0.25) is 0 Å². The van der Waals surface area contributed by atoms with E-state index >= 15 is 0 Å². The molecule has 0 aromatic heterocycles. The lowest BCUT2D eigenvalue weighted by atomic mass is 10.0. The zero-order valence-corrected chi connectivity index (χ0v) is 39.1. The lowest BCUT2D eigenvalue weighted by Gasteiger charge is -2.28. The Bertz CT molecular complexity index is 1210. The van der Waals surface area contributed by atoms with E-state index in [2.05, 4.69) is 26.0 Å². The van der Waals surface area contributed by atoms with E-state index in [1.165, 1.54) is 89.9 Å². The molecule has 59 heavy (non-hydrogen) atoms. The summed E-state index contributed by atoms with van der Waals surface area (Å²) in [6.45, 7) is 3.99. The highest BCUT2D eigenvalue weighted by atomic mass is 31.2. The van der Waals surface area contributed by atoms with Gasteiger partial charge in [-0.1, -0.05) is 172 Å². The third-order valence-electron chi connectivity index (χ3n) is 9.83. The van der Waals surface area contributed by atoms with E-state index in [1.807, 2.05) is 45.4 Å². The first-order chi connectivity index (χ1) is 28.4. The van der Waals surface area contributed by atoms with Crippen LogP contribution in [0, 0.1) is 0 Å². The Morgan fingerprint density at radius 1 is 0.576 bits per heavy atom. The normalized spacial score (nSPS) is 13.9. The minimum Gasteiger partial charge on any atom is -0.756 e. The van der Waals surface area contributed by atoms with Crippen molar-refractivity contribution in [1.29, 1.82) is 0 Å². The van der Waals surface area contributed by atoms with E-state index < -0.39 is 32.5 Å². The van der Waals surface area contributed by atoms with Gasteiger partial charge in [0, 0.05) is 19.3 Å². The Hall–Kier alpha value is -2.36. The predicted octanol–water partition coefficient (Wildman–Crippen LogP) is 12.0. The van der Waals surface area contributed by atoms with Crippen molar-refractivity contribution in [2.24, 2.45) is 0 Å². The van der Waals surface area contributed by atoms with Crippen LogP contribution in [0.3, 0.4) is 0 Å². The number of allylic oxidation sites excluding steroid dienone is 8. The van der Waals surface area contributed by atoms with Crippen molar-refractivity contribution < 1.29 is 46.8 Å². The number of ether oxygens (including phenoxy) is 2. The SMILES string of the molecule is CCCCCCCCCCCCCCCCCCCC(=O)OC[C@H](COP(=O)([O-])OCC[N+](C)(C)C)OC(=O)CCC/C=C\C/C=C\C/C=C\C=C\C(=O)CCCCC. The van der Waals surface area contributed by atoms with Gasteiger partial charge in [0.15, 0.2) is 11.9 Å². The first kappa shape index (κ1) is 56.6. The van der Waals surface area contributed by atoms with Crippen LogP contribution in [0.5, 0.6) is 0 Å². The third-order valence-corrected chi connectivity index (χ3v) is 10.8. The molecule has 0 radical (unpaired) electrons. The Morgan fingerprint density at radius 3 is 1.64 bits per heavy atom. The number of rotatable bonds is 42. The summed E-state index contributed by atoms with van der Waals surface area (Å²) in [4.78, 5) is 49.3. The fraction of sp³-hybridized carbons (Fsp3) is 0.771. The van der Waals surface area contributed by atoms with Crippen molar-refractivity contribution in [3.8, 4) is 0 Å². The zero-order valence-electron chi connectivity index (χ0n) is 38.2. The molecule has 0 bridgehead atoms. The molecule has 0 spiro atoms. The molecule has 10 nitrogen and oxygen atoms in total. The van der Waals surface area contributed by atoms with Gasteiger partial charge in [0.1, 0.15) is 19.8 Å². The molecule has 0 heterocycles. The number of phosphoric ester groups is 1. The van der Waals surface area contributed by atoms with Crippen LogP contribution in [-0.4, -0.2) is 75.8 Å². The van der Waals surface area contributed by atoms with Crippen LogP contribution in [0.2, 0.25) is 0 Å². The van der Waals surface area contributed by atoms with Crippen molar-refractivity contribution in [3.05, 3.63) is 48.6 Å². The van der Waals surface area contributed by atoms with Gasteiger partial charge in [-0.25, -0.2) is 0 Å². The highest BCUT2D eigenvalue weighted by molar-refractivity contribution is 7.45. The summed E-state index contributed by atoms with van der Waals surface area (Å²) in [5, 5.41) is 0. The second-order valence-corrected chi connectivity index (χ2v) is 18.2. The van der Waals surface area contributed by atoms with E-state index in [0.717, 1.165) is 44.9 Å². The van der Waals surface area contributed by atoms with Crippen LogP contribution < -0.4 is 4.89 Å². The second-order valence-electron chi connectivity index (χ2n) is 16.8. The van der Waals surface area contributed by atoms with Gasteiger partial charge in [-0.05, 0) is 44.6 Å². The fourth-order valence-corrected chi connectivity index (χ4v) is 6.86. The molecule has 0 amide bonds. The molecule has 0 aliphatic heterocycles. The minimum atomic E-state index is -4.65. The van der Waals surface area contributed by atoms with Crippen LogP contribution in [0.1, 0.15) is 187 Å². The number of carbonyl (C=O) groups excluding carboxylic acids is 3. The molecular formula is C48H86NO9P. The molecule has 0 saturated heterocycles. The number of hydrogen-bond donors (Lipinski definition) is 0. The molecule has 11 heteroatoms. The van der Waals surface area contributed by atoms with Gasteiger partial charge in [0.25, 0.3) is 7.82 Å². The van der Waals surface area contributed by atoms with Crippen LogP contribution in [-0.2, 0) is 37.5 Å². The van der Waals surface area contributed by atoms with Gasteiger partial charge in [-0.15, -0.1) is 0 Å². The first-order valence-electron chi connectivity index (χ1n) is 23.3. The molecule has 0 fully saturated rings. The number of nitrogens with zero attached hydrogens (tertiary/aromatic N) is 1. The third kappa shape index (κ3) is 43.5. The highest BCUT2D eigenvalue weighted by Gasteiger charge is 2.21. The predicted molar refractivity (Wildman–Crippen MR) is 241 cm³/mol. The molecule has 0 aromatic carbocycles. The number of phosphoric acid groups is 1. The molecule has 0 N–H and O–H groups in total. The number of quaternary nitrogens is 1. The first-order valence-corrected chi connectivity index (χ1v) is 24.8. The average molecular weight is 852 g/mol. The van der Waals surface area contributed by atoms with E-state index in [4.69, 9.17) is 18.5 Å². The lowest BCUT2D eigenvalue weighted by Crippen LogP contribution is -2.37. The van der Waals surface area contributed by atoms with Gasteiger partial charge in [-0.2, -0.15) is 0 Å².